The molecule has 0 aliphatic heterocycles. The number of benzene rings is 1. The average Bonchev–Trinajstić information content (AvgIpc) is 2.59. The summed E-state index contributed by atoms with van der Waals surface area (Å²) in [5, 5.41) is 19.8. The number of rotatable bonds is 6. The zero-order valence-corrected chi connectivity index (χ0v) is 15.4. The molecule has 2 aromatic rings. The van der Waals surface area contributed by atoms with E-state index in [0.29, 0.717) is 17.7 Å². The second-order valence-electron chi connectivity index (χ2n) is 6.29. The lowest BCUT2D eigenvalue weighted by Gasteiger charge is -2.15. The maximum Gasteiger partial charge on any atom is 0.271 e. The Balaban J connectivity index is 2.57. The Morgan fingerprint density at radius 1 is 1.31 bits per heavy atom. The van der Waals surface area contributed by atoms with Crippen molar-refractivity contribution in [2.45, 2.75) is 46.8 Å². The zero-order valence-electron chi connectivity index (χ0n) is 15.4. The third-order valence-corrected chi connectivity index (χ3v) is 3.96. The number of aromatic nitrogens is 1. The van der Waals surface area contributed by atoms with Crippen LogP contribution in [0.3, 0.4) is 0 Å². The summed E-state index contributed by atoms with van der Waals surface area (Å²) in [5.41, 5.74) is -0.201. The molecule has 0 unspecified atom stereocenters. The molecule has 1 aromatic heterocycles. The van der Waals surface area contributed by atoms with Crippen LogP contribution in [0.15, 0.2) is 29.1 Å². The van der Waals surface area contributed by atoms with E-state index >= 15 is 0 Å². The minimum absolute atomic E-state index is 0.0126. The van der Waals surface area contributed by atoms with Gasteiger partial charge in [0.05, 0.1) is 11.7 Å². The molecular weight excluding hydrogens is 332 g/mol. The Morgan fingerprint density at radius 3 is 2.42 bits per heavy atom. The number of carbonyl (C=O) groups excluding carboxylic acids is 1. The average molecular weight is 354 g/mol. The SMILES string of the molecule is CCCn1c(O)c(C(=O)c2ccc(OC(C)C)cc2)c(C)c(C#N)c1=O. The third-order valence-electron chi connectivity index (χ3n) is 3.96. The quantitative estimate of drug-likeness (QED) is 0.805. The molecule has 0 fully saturated rings. The normalized spacial score (nSPS) is 10.6. The molecule has 0 aliphatic rings. The molecule has 6 nitrogen and oxygen atoms in total. The highest BCUT2D eigenvalue weighted by Crippen LogP contribution is 2.26. The summed E-state index contributed by atoms with van der Waals surface area (Å²) in [6.45, 7) is 7.37. The van der Waals surface area contributed by atoms with Gasteiger partial charge in [0, 0.05) is 12.1 Å². The van der Waals surface area contributed by atoms with Gasteiger partial charge in [-0.3, -0.25) is 14.2 Å². The second kappa shape index (κ2) is 7.87. The van der Waals surface area contributed by atoms with Crippen molar-refractivity contribution in [3.63, 3.8) is 0 Å². The zero-order chi connectivity index (χ0) is 19.4. The van der Waals surface area contributed by atoms with Gasteiger partial charge >= 0.3 is 0 Å². The number of aromatic hydroxyl groups is 1. The van der Waals surface area contributed by atoms with E-state index in [9.17, 15) is 20.0 Å². The molecular formula is C20H22N2O4. The molecule has 0 saturated carbocycles. The van der Waals surface area contributed by atoms with E-state index in [1.54, 1.807) is 24.3 Å². The molecule has 0 radical (unpaired) electrons. The Kier molecular flexibility index (Phi) is 5.83. The summed E-state index contributed by atoms with van der Waals surface area (Å²) in [5.74, 6) is -0.218. The van der Waals surface area contributed by atoms with Gasteiger partial charge in [0.25, 0.3) is 5.56 Å². The number of carbonyl (C=O) groups is 1. The van der Waals surface area contributed by atoms with Gasteiger partial charge in [-0.1, -0.05) is 6.92 Å². The van der Waals surface area contributed by atoms with Crippen molar-refractivity contribution in [1.82, 2.24) is 4.57 Å². The summed E-state index contributed by atoms with van der Waals surface area (Å²) in [4.78, 5) is 25.3. The number of hydrogen-bond acceptors (Lipinski definition) is 5. The first-order chi connectivity index (χ1) is 12.3. The summed E-state index contributed by atoms with van der Waals surface area (Å²) in [6.07, 6.45) is 0.592. The van der Waals surface area contributed by atoms with E-state index in [2.05, 4.69) is 0 Å². The van der Waals surface area contributed by atoms with E-state index in [0.717, 1.165) is 4.57 Å². The third kappa shape index (κ3) is 3.62. The van der Waals surface area contributed by atoms with Crippen molar-refractivity contribution in [2.75, 3.05) is 0 Å². The lowest BCUT2D eigenvalue weighted by Crippen LogP contribution is -2.26. The van der Waals surface area contributed by atoms with Crippen LogP contribution in [0.5, 0.6) is 11.6 Å². The van der Waals surface area contributed by atoms with Gasteiger partial charge in [-0.25, -0.2) is 0 Å². The fourth-order valence-corrected chi connectivity index (χ4v) is 2.76. The molecule has 0 aliphatic carbocycles. The van der Waals surface area contributed by atoms with Crippen LogP contribution < -0.4 is 10.3 Å². The number of pyridine rings is 1. The van der Waals surface area contributed by atoms with Gasteiger partial charge in [0.2, 0.25) is 5.88 Å². The van der Waals surface area contributed by atoms with Crippen LogP contribution in [-0.4, -0.2) is 21.6 Å². The molecule has 1 heterocycles. The highest BCUT2D eigenvalue weighted by Gasteiger charge is 2.24. The van der Waals surface area contributed by atoms with Crippen molar-refractivity contribution in [2.24, 2.45) is 0 Å². The van der Waals surface area contributed by atoms with Gasteiger partial charge in [0.15, 0.2) is 5.78 Å². The van der Waals surface area contributed by atoms with Crippen molar-refractivity contribution in [3.05, 3.63) is 56.9 Å². The van der Waals surface area contributed by atoms with Crippen LogP contribution >= 0.6 is 0 Å². The number of nitriles is 1. The van der Waals surface area contributed by atoms with E-state index in [-0.39, 0.29) is 29.3 Å². The van der Waals surface area contributed by atoms with Crippen LogP contribution in [0.2, 0.25) is 0 Å². The van der Waals surface area contributed by atoms with Crippen LogP contribution in [0.1, 0.15) is 54.2 Å². The van der Waals surface area contributed by atoms with E-state index in [1.165, 1.54) is 6.92 Å². The van der Waals surface area contributed by atoms with E-state index in [1.807, 2.05) is 26.8 Å². The monoisotopic (exact) mass is 354 g/mol. The first kappa shape index (κ1) is 19.3. The van der Waals surface area contributed by atoms with Crippen molar-refractivity contribution < 1.29 is 14.6 Å². The van der Waals surface area contributed by atoms with E-state index in [4.69, 9.17) is 4.74 Å². The Labute approximate surface area is 152 Å². The lowest BCUT2D eigenvalue weighted by atomic mass is 9.97. The summed E-state index contributed by atoms with van der Waals surface area (Å²) < 4.78 is 6.63. The molecule has 0 spiro atoms. The van der Waals surface area contributed by atoms with Gasteiger partial charge in [-0.2, -0.15) is 5.26 Å². The largest absolute Gasteiger partial charge is 0.494 e. The molecule has 2 rings (SSSR count). The molecule has 1 N–H and O–H groups in total. The standard InChI is InChI=1S/C20H22N2O4/c1-5-10-22-19(24)16(11-21)13(4)17(20(22)25)18(23)14-6-8-15(9-7-14)26-12(2)3/h6-9,12,25H,5,10H2,1-4H3. The summed E-state index contributed by atoms with van der Waals surface area (Å²) in [6, 6.07) is 8.39. The molecule has 1 aromatic carbocycles. The minimum Gasteiger partial charge on any atom is -0.494 e. The second-order valence-corrected chi connectivity index (χ2v) is 6.29. The number of hydrogen-bond donors (Lipinski definition) is 1. The predicted molar refractivity (Wildman–Crippen MR) is 97.7 cm³/mol. The number of ether oxygens (including phenoxy) is 1. The molecule has 26 heavy (non-hydrogen) atoms. The van der Waals surface area contributed by atoms with Crippen LogP contribution in [-0.2, 0) is 6.54 Å². The maximum absolute atomic E-state index is 12.9. The van der Waals surface area contributed by atoms with Crippen LogP contribution in [0.25, 0.3) is 0 Å². The van der Waals surface area contributed by atoms with Gasteiger partial charge in [0.1, 0.15) is 17.4 Å². The minimum atomic E-state index is -0.582. The number of ketones is 1. The maximum atomic E-state index is 12.9. The summed E-state index contributed by atoms with van der Waals surface area (Å²) in [7, 11) is 0. The highest BCUT2D eigenvalue weighted by molar-refractivity contribution is 6.11. The molecule has 0 amide bonds. The fraction of sp³-hybridized carbons (Fsp3) is 0.350. The molecule has 0 bridgehead atoms. The first-order valence-electron chi connectivity index (χ1n) is 8.49. The van der Waals surface area contributed by atoms with Crippen molar-refractivity contribution in [1.29, 1.82) is 5.26 Å². The van der Waals surface area contributed by atoms with Gasteiger partial charge in [-0.15, -0.1) is 0 Å². The Bertz CT molecular complexity index is 919. The highest BCUT2D eigenvalue weighted by atomic mass is 16.5. The van der Waals surface area contributed by atoms with Crippen LogP contribution in [0, 0.1) is 18.3 Å². The first-order valence-corrected chi connectivity index (χ1v) is 8.49. The van der Waals surface area contributed by atoms with E-state index < -0.39 is 17.2 Å². The Morgan fingerprint density at radius 2 is 1.92 bits per heavy atom. The summed E-state index contributed by atoms with van der Waals surface area (Å²) >= 11 is 0. The van der Waals surface area contributed by atoms with Gasteiger partial charge < -0.3 is 9.84 Å². The Hall–Kier alpha value is -3.07. The van der Waals surface area contributed by atoms with Crippen molar-refractivity contribution >= 4 is 5.78 Å². The van der Waals surface area contributed by atoms with Crippen LogP contribution in [0.4, 0.5) is 0 Å². The molecule has 6 heteroatoms. The molecule has 136 valence electrons. The molecule has 0 atom stereocenters. The van der Waals surface area contributed by atoms with Crippen molar-refractivity contribution in [3.8, 4) is 17.7 Å². The smallest absolute Gasteiger partial charge is 0.271 e. The van der Waals surface area contributed by atoms with Gasteiger partial charge in [-0.05, 0) is 57.0 Å². The topological polar surface area (TPSA) is 92.3 Å². The number of nitrogens with zero attached hydrogens (tertiary/aromatic N) is 2. The predicted octanol–water partition coefficient (Wildman–Crippen LogP) is 3.16. The molecule has 0 saturated heterocycles. The lowest BCUT2D eigenvalue weighted by molar-refractivity contribution is 0.103. The fourth-order valence-electron chi connectivity index (χ4n) is 2.76.